The molecule has 3 aromatic carbocycles. The van der Waals surface area contributed by atoms with Crippen LogP contribution in [-0.4, -0.2) is 24.7 Å². The Morgan fingerprint density at radius 1 is 1.00 bits per heavy atom. The Morgan fingerprint density at radius 3 is 2.40 bits per heavy atom. The van der Waals surface area contributed by atoms with E-state index in [1.54, 1.807) is 6.07 Å². The number of anilines is 2. The fraction of sp³-hybridized carbons (Fsp3) is 0.136. The van der Waals surface area contributed by atoms with Crippen molar-refractivity contribution in [3.8, 4) is 16.9 Å². The summed E-state index contributed by atoms with van der Waals surface area (Å²) >= 11 is 0. The van der Waals surface area contributed by atoms with Gasteiger partial charge in [0.05, 0.1) is 0 Å². The van der Waals surface area contributed by atoms with Crippen molar-refractivity contribution in [1.29, 1.82) is 0 Å². The van der Waals surface area contributed by atoms with Crippen LogP contribution in [0.3, 0.4) is 0 Å². The predicted molar refractivity (Wildman–Crippen MR) is 104 cm³/mol. The van der Waals surface area contributed by atoms with Gasteiger partial charge in [-0.1, -0.05) is 12.1 Å². The van der Waals surface area contributed by atoms with Gasteiger partial charge in [0.1, 0.15) is 23.1 Å². The molecule has 0 heterocycles. The highest BCUT2D eigenvalue weighted by molar-refractivity contribution is 5.75. The topological polar surface area (TPSA) is 49.8 Å². The van der Waals surface area contributed by atoms with E-state index in [0.29, 0.717) is 11.1 Å². The number of carboxylic acid groups (broad SMARTS) is 1. The number of hydrogen-bond donors (Lipinski definition) is 1. The third-order valence-electron chi connectivity index (χ3n) is 4.55. The third-order valence-corrected chi connectivity index (χ3v) is 4.55. The van der Waals surface area contributed by atoms with Crippen molar-refractivity contribution in [3.05, 3.63) is 77.4 Å². The highest BCUT2D eigenvalue weighted by Gasteiger charge is 2.22. The zero-order chi connectivity index (χ0) is 22.0. The summed E-state index contributed by atoms with van der Waals surface area (Å²) in [5.41, 5.74) is 0.425. The van der Waals surface area contributed by atoms with E-state index in [9.17, 15) is 22.4 Å². The van der Waals surface area contributed by atoms with E-state index in [0.717, 1.165) is 17.0 Å². The van der Waals surface area contributed by atoms with Crippen molar-refractivity contribution in [2.45, 2.75) is 6.92 Å². The zero-order valence-electron chi connectivity index (χ0n) is 16.0. The summed E-state index contributed by atoms with van der Waals surface area (Å²) in [6, 6.07) is 10.1. The maximum atomic E-state index is 14.9. The quantitative estimate of drug-likeness (QED) is 0.540. The molecule has 0 spiro atoms. The molecule has 1 N–H and O–H groups in total. The van der Waals surface area contributed by atoms with Gasteiger partial charge >= 0.3 is 5.97 Å². The fourth-order valence-electron chi connectivity index (χ4n) is 3.05. The molecule has 8 heteroatoms. The maximum absolute atomic E-state index is 14.9. The Bertz CT molecular complexity index is 1120. The summed E-state index contributed by atoms with van der Waals surface area (Å²) < 4.78 is 62.4. The number of nitrogens with zero attached hydrogens (tertiary/aromatic N) is 1. The number of aliphatic carboxylic acids is 1. The number of hydrogen-bond acceptors (Lipinski definition) is 3. The summed E-state index contributed by atoms with van der Waals surface area (Å²) in [5, 5.41) is 8.70. The van der Waals surface area contributed by atoms with Crippen LogP contribution < -0.4 is 9.64 Å². The van der Waals surface area contributed by atoms with Crippen molar-refractivity contribution in [1.82, 2.24) is 0 Å². The molecule has 4 nitrogen and oxygen atoms in total. The molecule has 0 fully saturated rings. The maximum Gasteiger partial charge on any atom is 0.341 e. The number of carbonyl (C=O) groups is 1. The molecule has 30 heavy (non-hydrogen) atoms. The second-order valence-electron chi connectivity index (χ2n) is 6.56. The number of halogens is 4. The number of benzene rings is 3. The first kappa shape index (κ1) is 21.2. The summed E-state index contributed by atoms with van der Waals surface area (Å²) in [6.45, 7) is 0.630. The Labute approximate surface area is 169 Å². The van der Waals surface area contributed by atoms with Gasteiger partial charge < -0.3 is 14.7 Å². The predicted octanol–water partition coefficient (Wildman–Crippen LogP) is 5.45. The molecule has 0 atom stereocenters. The van der Waals surface area contributed by atoms with Crippen LogP contribution in [0.4, 0.5) is 28.9 Å². The monoisotopic (exact) mass is 419 g/mol. The molecule has 0 aromatic heterocycles. The lowest BCUT2D eigenvalue weighted by atomic mass is 10.0. The van der Waals surface area contributed by atoms with Crippen LogP contribution in [0, 0.1) is 30.2 Å². The van der Waals surface area contributed by atoms with E-state index in [1.165, 1.54) is 44.3 Å². The van der Waals surface area contributed by atoms with E-state index < -0.39 is 47.3 Å². The molecule has 3 aromatic rings. The van der Waals surface area contributed by atoms with Gasteiger partial charge in [0.15, 0.2) is 18.2 Å². The van der Waals surface area contributed by atoms with Crippen LogP contribution in [0.15, 0.2) is 48.5 Å². The largest absolute Gasteiger partial charge is 0.479 e. The van der Waals surface area contributed by atoms with E-state index in [-0.39, 0.29) is 11.3 Å². The highest BCUT2D eigenvalue weighted by Crippen LogP contribution is 2.38. The minimum Gasteiger partial charge on any atom is -0.479 e. The SMILES string of the molecule is Cc1c(F)cc(-c2cccc(F)c2)cc1N(C)c1c(F)ccc(OCC(=O)O)c1F. The molecular formula is C22H17F4NO3. The van der Waals surface area contributed by atoms with Gasteiger partial charge in [-0.3, -0.25) is 0 Å². The van der Waals surface area contributed by atoms with Crippen LogP contribution in [0.5, 0.6) is 5.75 Å². The summed E-state index contributed by atoms with van der Waals surface area (Å²) in [7, 11) is 1.33. The molecule has 0 saturated carbocycles. The highest BCUT2D eigenvalue weighted by atomic mass is 19.1. The van der Waals surface area contributed by atoms with Crippen molar-refractivity contribution in [2.24, 2.45) is 0 Å². The molecule has 0 aliphatic rings. The van der Waals surface area contributed by atoms with Gasteiger partial charge in [-0.05, 0) is 54.4 Å². The number of ether oxygens (including phenoxy) is 1. The molecule has 0 bridgehead atoms. The molecule has 0 saturated heterocycles. The van der Waals surface area contributed by atoms with Crippen LogP contribution in [0.1, 0.15) is 5.56 Å². The van der Waals surface area contributed by atoms with E-state index >= 15 is 0 Å². The van der Waals surface area contributed by atoms with E-state index in [2.05, 4.69) is 0 Å². The van der Waals surface area contributed by atoms with Gasteiger partial charge in [-0.2, -0.15) is 0 Å². The Hall–Kier alpha value is -3.55. The lowest BCUT2D eigenvalue weighted by Crippen LogP contribution is -2.17. The third kappa shape index (κ3) is 4.22. The van der Waals surface area contributed by atoms with Gasteiger partial charge in [-0.25, -0.2) is 22.4 Å². The minimum absolute atomic E-state index is 0.119. The van der Waals surface area contributed by atoms with Gasteiger partial charge in [0.2, 0.25) is 0 Å². The second kappa shape index (κ2) is 8.44. The first-order valence-electron chi connectivity index (χ1n) is 8.81. The average Bonchev–Trinajstić information content (AvgIpc) is 2.69. The van der Waals surface area contributed by atoms with Crippen LogP contribution >= 0.6 is 0 Å². The van der Waals surface area contributed by atoms with Gasteiger partial charge in [0.25, 0.3) is 0 Å². The zero-order valence-corrected chi connectivity index (χ0v) is 16.0. The molecule has 0 aliphatic heterocycles. The lowest BCUT2D eigenvalue weighted by molar-refractivity contribution is -0.139. The molecule has 3 rings (SSSR count). The molecule has 0 unspecified atom stereocenters. The number of carboxylic acids is 1. The van der Waals surface area contributed by atoms with Crippen LogP contribution in [-0.2, 0) is 4.79 Å². The number of rotatable bonds is 6. The Balaban J connectivity index is 2.10. The van der Waals surface area contributed by atoms with E-state index in [4.69, 9.17) is 9.84 Å². The van der Waals surface area contributed by atoms with Crippen LogP contribution in [0.2, 0.25) is 0 Å². The second-order valence-corrected chi connectivity index (χ2v) is 6.56. The van der Waals surface area contributed by atoms with Gasteiger partial charge in [0, 0.05) is 18.3 Å². The first-order chi connectivity index (χ1) is 14.2. The van der Waals surface area contributed by atoms with Crippen molar-refractivity contribution < 1.29 is 32.2 Å². The molecule has 0 radical (unpaired) electrons. The molecule has 0 amide bonds. The standard InChI is InChI=1S/C22H17F4NO3/c1-12-17(25)9-14(13-4-3-5-15(23)8-13)10-18(12)27(2)22-16(24)6-7-19(21(22)26)30-11-20(28)29/h3-10H,11H2,1-2H3,(H,28,29). The summed E-state index contributed by atoms with van der Waals surface area (Å²) in [5.74, 6) is -5.01. The minimum atomic E-state index is -1.32. The van der Waals surface area contributed by atoms with Crippen molar-refractivity contribution in [2.75, 3.05) is 18.6 Å². The summed E-state index contributed by atoms with van der Waals surface area (Å²) in [6.07, 6.45) is 0. The molecule has 156 valence electrons. The normalized spacial score (nSPS) is 10.7. The molecular weight excluding hydrogens is 402 g/mol. The smallest absolute Gasteiger partial charge is 0.341 e. The van der Waals surface area contributed by atoms with Crippen molar-refractivity contribution >= 4 is 17.3 Å². The Morgan fingerprint density at radius 2 is 1.73 bits per heavy atom. The van der Waals surface area contributed by atoms with Crippen molar-refractivity contribution in [3.63, 3.8) is 0 Å². The lowest BCUT2D eigenvalue weighted by Gasteiger charge is -2.24. The Kier molecular flexibility index (Phi) is 5.96. The van der Waals surface area contributed by atoms with E-state index in [1.807, 2.05) is 0 Å². The molecule has 0 aliphatic carbocycles. The first-order valence-corrected chi connectivity index (χ1v) is 8.81. The van der Waals surface area contributed by atoms with Crippen LogP contribution in [0.25, 0.3) is 11.1 Å². The summed E-state index contributed by atoms with van der Waals surface area (Å²) in [4.78, 5) is 11.8. The average molecular weight is 419 g/mol. The fourth-order valence-corrected chi connectivity index (χ4v) is 3.05. The van der Waals surface area contributed by atoms with Gasteiger partial charge in [-0.15, -0.1) is 0 Å².